The van der Waals surface area contributed by atoms with E-state index in [1.54, 1.807) is 4.90 Å². The Bertz CT molecular complexity index is 869. The van der Waals surface area contributed by atoms with Gasteiger partial charge < -0.3 is 5.11 Å². The number of hydrogen-bond donors (Lipinski definition) is 1. The maximum Gasteiger partial charge on any atom is 0.416 e. The molecule has 2 unspecified atom stereocenters. The van der Waals surface area contributed by atoms with Crippen molar-refractivity contribution >= 4 is 17.6 Å². The van der Waals surface area contributed by atoms with Gasteiger partial charge in [-0.2, -0.15) is 13.2 Å². The van der Waals surface area contributed by atoms with Gasteiger partial charge in [-0.05, 0) is 55.6 Å². The molecule has 2 aromatic carbocycles. The van der Waals surface area contributed by atoms with Gasteiger partial charge in [0, 0.05) is 5.02 Å². The summed E-state index contributed by atoms with van der Waals surface area (Å²) in [6.07, 6.45) is -2.51. The fourth-order valence-electron chi connectivity index (χ4n) is 3.85. The summed E-state index contributed by atoms with van der Waals surface area (Å²) in [7, 11) is 0. The Morgan fingerprint density at radius 3 is 2.61 bits per heavy atom. The second kappa shape index (κ2) is 8.13. The molecule has 0 aliphatic carbocycles. The number of likely N-dealkylation sites (tertiary alicyclic amines) is 1. The third-order valence-electron chi connectivity index (χ3n) is 5.14. The lowest BCUT2D eigenvalue weighted by atomic mass is 9.90. The molecule has 1 heterocycles. The summed E-state index contributed by atoms with van der Waals surface area (Å²) in [6, 6.07) is 9.17. The van der Waals surface area contributed by atoms with E-state index in [0.29, 0.717) is 13.0 Å². The van der Waals surface area contributed by atoms with Gasteiger partial charge in [0.15, 0.2) is 0 Å². The van der Waals surface area contributed by atoms with Gasteiger partial charge in [-0.25, -0.2) is 0 Å². The molecule has 1 N–H and O–H groups in total. The Balaban J connectivity index is 2.18. The van der Waals surface area contributed by atoms with Gasteiger partial charge in [-0.3, -0.25) is 9.69 Å². The van der Waals surface area contributed by atoms with Crippen LogP contribution in [-0.4, -0.2) is 28.6 Å². The van der Waals surface area contributed by atoms with Crippen molar-refractivity contribution in [2.24, 2.45) is 0 Å². The van der Waals surface area contributed by atoms with Crippen LogP contribution in [-0.2, 0) is 11.0 Å². The number of rotatable bonds is 4. The van der Waals surface area contributed by atoms with Crippen LogP contribution >= 0.6 is 11.6 Å². The normalized spacial score (nSPS) is 19.4. The van der Waals surface area contributed by atoms with Gasteiger partial charge in [0.05, 0.1) is 11.6 Å². The van der Waals surface area contributed by atoms with Crippen molar-refractivity contribution in [2.75, 3.05) is 6.54 Å². The van der Waals surface area contributed by atoms with E-state index in [1.807, 2.05) is 31.2 Å². The van der Waals surface area contributed by atoms with E-state index in [9.17, 15) is 23.1 Å². The maximum absolute atomic E-state index is 13.3. The summed E-state index contributed by atoms with van der Waals surface area (Å²) < 4.78 is 40.0. The van der Waals surface area contributed by atoms with Crippen molar-refractivity contribution in [3.8, 4) is 0 Å². The molecule has 0 aromatic heterocycles. The number of alkyl halides is 3. The van der Waals surface area contributed by atoms with Crippen LogP contribution in [0, 0.1) is 6.92 Å². The first-order valence-electron chi connectivity index (χ1n) is 9.10. The van der Waals surface area contributed by atoms with E-state index in [4.69, 9.17) is 11.6 Å². The second-order valence-electron chi connectivity index (χ2n) is 7.14. The number of halogens is 4. The lowest BCUT2D eigenvalue weighted by Crippen LogP contribution is -2.47. The van der Waals surface area contributed by atoms with Crippen molar-refractivity contribution in [1.29, 1.82) is 0 Å². The van der Waals surface area contributed by atoms with Crippen LogP contribution in [0.3, 0.4) is 0 Å². The van der Waals surface area contributed by atoms with Gasteiger partial charge in [0.2, 0.25) is 0 Å². The van der Waals surface area contributed by atoms with Crippen LogP contribution < -0.4 is 0 Å². The zero-order valence-corrected chi connectivity index (χ0v) is 16.1. The molecule has 0 amide bonds. The van der Waals surface area contributed by atoms with Crippen LogP contribution in [0.2, 0.25) is 5.02 Å². The minimum absolute atomic E-state index is 0.189. The summed E-state index contributed by atoms with van der Waals surface area (Å²) in [5.74, 6) is -0.972. The van der Waals surface area contributed by atoms with Gasteiger partial charge in [-0.1, -0.05) is 47.9 Å². The molecule has 1 aliphatic heterocycles. The second-order valence-corrected chi connectivity index (χ2v) is 7.55. The highest BCUT2D eigenvalue weighted by atomic mass is 35.5. The van der Waals surface area contributed by atoms with Crippen molar-refractivity contribution in [2.45, 2.75) is 44.4 Å². The van der Waals surface area contributed by atoms with Crippen LogP contribution in [0.4, 0.5) is 13.2 Å². The van der Waals surface area contributed by atoms with Crippen LogP contribution in [0.25, 0.3) is 0 Å². The standard InChI is InChI=1S/C21H21ClF3NO2/c1-13-5-4-6-14(11-13)19(26-10-3-2-7-18(26)20(27)28)16-12-15(21(23,24)25)8-9-17(16)22/h4-6,8-9,11-12,18-19H,2-3,7,10H2,1H3,(H,27,28). The highest BCUT2D eigenvalue weighted by Crippen LogP contribution is 2.40. The fourth-order valence-corrected chi connectivity index (χ4v) is 4.07. The quantitative estimate of drug-likeness (QED) is 0.702. The number of carboxylic acid groups (broad SMARTS) is 1. The van der Waals surface area contributed by atoms with Gasteiger partial charge in [-0.15, -0.1) is 0 Å². The molecule has 2 aromatic rings. The number of carboxylic acids is 1. The number of piperidine rings is 1. The first kappa shape index (κ1) is 20.7. The predicted molar refractivity (Wildman–Crippen MR) is 101 cm³/mol. The highest BCUT2D eigenvalue weighted by Gasteiger charge is 2.38. The van der Waals surface area contributed by atoms with Gasteiger partial charge in [0.25, 0.3) is 0 Å². The summed E-state index contributed by atoms with van der Waals surface area (Å²) in [4.78, 5) is 13.6. The summed E-state index contributed by atoms with van der Waals surface area (Å²) in [5, 5.41) is 9.89. The van der Waals surface area contributed by atoms with E-state index in [0.717, 1.165) is 36.1 Å². The van der Waals surface area contributed by atoms with Gasteiger partial charge >= 0.3 is 12.1 Å². The Morgan fingerprint density at radius 2 is 1.96 bits per heavy atom. The van der Waals surface area contributed by atoms with Gasteiger partial charge in [0.1, 0.15) is 6.04 Å². The number of hydrogen-bond acceptors (Lipinski definition) is 2. The summed E-state index contributed by atoms with van der Waals surface area (Å²) in [5.41, 5.74) is 1.15. The molecule has 1 fully saturated rings. The molecule has 3 rings (SSSR count). The Labute approximate surface area is 166 Å². The van der Waals surface area contributed by atoms with E-state index in [2.05, 4.69) is 0 Å². The molecule has 150 valence electrons. The Kier molecular flexibility index (Phi) is 6.01. The van der Waals surface area contributed by atoms with E-state index in [-0.39, 0.29) is 10.6 Å². The fraction of sp³-hybridized carbons (Fsp3) is 0.381. The molecular formula is C21H21ClF3NO2. The van der Waals surface area contributed by atoms with E-state index < -0.39 is 29.8 Å². The number of aryl methyl sites for hydroxylation is 1. The molecule has 28 heavy (non-hydrogen) atoms. The maximum atomic E-state index is 13.3. The van der Waals surface area contributed by atoms with Crippen LogP contribution in [0.5, 0.6) is 0 Å². The zero-order valence-electron chi connectivity index (χ0n) is 15.3. The van der Waals surface area contributed by atoms with Crippen molar-refractivity contribution in [3.05, 3.63) is 69.7 Å². The minimum Gasteiger partial charge on any atom is -0.480 e. The molecule has 2 atom stereocenters. The molecule has 0 bridgehead atoms. The largest absolute Gasteiger partial charge is 0.480 e. The first-order valence-corrected chi connectivity index (χ1v) is 9.48. The van der Waals surface area contributed by atoms with Crippen molar-refractivity contribution in [3.63, 3.8) is 0 Å². The number of carbonyl (C=O) groups is 1. The molecule has 1 saturated heterocycles. The third-order valence-corrected chi connectivity index (χ3v) is 5.48. The number of nitrogens with zero attached hydrogens (tertiary/aromatic N) is 1. The lowest BCUT2D eigenvalue weighted by molar-refractivity contribution is -0.145. The monoisotopic (exact) mass is 411 g/mol. The molecule has 7 heteroatoms. The van der Waals surface area contributed by atoms with E-state index >= 15 is 0 Å². The smallest absolute Gasteiger partial charge is 0.416 e. The predicted octanol–water partition coefficient (Wildman–Crippen LogP) is 5.70. The average molecular weight is 412 g/mol. The average Bonchev–Trinajstić information content (AvgIpc) is 2.63. The molecule has 0 radical (unpaired) electrons. The highest BCUT2D eigenvalue weighted by molar-refractivity contribution is 6.31. The Morgan fingerprint density at radius 1 is 1.21 bits per heavy atom. The number of benzene rings is 2. The molecule has 1 aliphatic rings. The molecule has 0 saturated carbocycles. The molecule has 0 spiro atoms. The molecular weight excluding hydrogens is 391 g/mol. The minimum atomic E-state index is -4.51. The first-order chi connectivity index (χ1) is 13.2. The topological polar surface area (TPSA) is 40.5 Å². The van der Waals surface area contributed by atoms with Crippen LogP contribution in [0.1, 0.15) is 47.6 Å². The van der Waals surface area contributed by atoms with E-state index in [1.165, 1.54) is 6.07 Å². The summed E-state index contributed by atoms with van der Waals surface area (Å²) in [6.45, 7) is 2.36. The zero-order chi connectivity index (χ0) is 20.5. The number of aliphatic carboxylic acids is 1. The summed E-state index contributed by atoms with van der Waals surface area (Å²) >= 11 is 6.34. The Hall–Kier alpha value is -2.05. The SMILES string of the molecule is Cc1cccc(C(c2cc(C(F)(F)F)ccc2Cl)N2CCCCC2C(=O)O)c1. The van der Waals surface area contributed by atoms with Crippen molar-refractivity contribution in [1.82, 2.24) is 4.90 Å². The van der Waals surface area contributed by atoms with Crippen molar-refractivity contribution < 1.29 is 23.1 Å². The third kappa shape index (κ3) is 4.33. The lowest BCUT2D eigenvalue weighted by Gasteiger charge is -2.40. The molecule has 3 nitrogen and oxygen atoms in total. The van der Waals surface area contributed by atoms with Crippen LogP contribution in [0.15, 0.2) is 42.5 Å².